The monoisotopic (exact) mass is 372 g/mol. The van der Waals surface area contributed by atoms with E-state index in [1.807, 2.05) is 12.1 Å². The highest BCUT2D eigenvalue weighted by Gasteiger charge is 2.14. The van der Waals surface area contributed by atoms with Crippen LogP contribution in [0.3, 0.4) is 0 Å². The van der Waals surface area contributed by atoms with Crippen molar-refractivity contribution in [3.8, 4) is 5.75 Å². The van der Waals surface area contributed by atoms with Gasteiger partial charge in [0.2, 0.25) is 0 Å². The predicted octanol–water partition coefficient (Wildman–Crippen LogP) is 2.70. The van der Waals surface area contributed by atoms with Gasteiger partial charge in [-0.1, -0.05) is 12.1 Å². The largest absolute Gasteiger partial charge is 0.464 e. The molecule has 2 heterocycles. The van der Waals surface area contributed by atoms with Gasteiger partial charge in [0.05, 0.1) is 38.0 Å². The Kier molecular flexibility index (Phi) is 6.54. The fourth-order valence-electron chi connectivity index (χ4n) is 2.61. The average molecular weight is 372 g/mol. The summed E-state index contributed by atoms with van der Waals surface area (Å²) in [6.45, 7) is 2.98. The third-order valence-electron chi connectivity index (χ3n) is 4.01. The van der Waals surface area contributed by atoms with Crippen LogP contribution in [0.5, 0.6) is 5.75 Å². The van der Waals surface area contributed by atoms with Crippen molar-refractivity contribution in [1.29, 1.82) is 0 Å². The molecule has 142 valence electrons. The molecule has 7 heteroatoms. The van der Waals surface area contributed by atoms with Crippen molar-refractivity contribution in [1.82, 2.24) is 5.06 Å². The summed E-state index contributed by atoms with van der Waals surface area (Å²) in [6.07, 6.45) is 1.41. The summed E-state index contributed by atoms with van der Waals surface area (Å²) in [5, 5.41) is 2.44. The number of hydroxylamine groups is 2. The molecule has 1 fully saturated rings. The van der Waals surface area contributed by atoms with Crippen LogP contribution >= 0.6 is 0 Å². The van der Waals surface area contributed by atoms with Crippen molar-refractivity contribution in [2.24, 2.45) is 5.73 Å². The van der Waals surface area contributed by atoms with Gasteiger partial charge in [-0.2, -0.15) is 0 Å². The zero-order valence-corrected chi connectivity index (χ0v) is 14.8. The van der Waals surface area contributed by atoms with E-state index in [4.69, 9.17) is 19.7 Å². The molecule has 0 bridgehead atoms. The molecule has 1 aliphatic heterocycles. The first-order valence-corrected chi connectivity index (χ1v) is 8.63. The maximum atomic E-state index is 13.0. The van der Waals surface area contributed by atoms with Crippen LogP contribution in [0.15, 0.2) is 64.0 Å². The minimum absolute atomic E-state index is 0.00634. The third-order valence-corrected chi connectivity index (χ3v) is 4.01. The van der Waals surface area contributed by atoms with Gasteiger partial charge in [0.25, 0.3) is 0 Å². The first-order valence-electron chi connectivity index (χ1n) is 8.63. The third kappa shape index (κ3) is 5.13. The Morgan fingerprint density at radius 3 is 2.63 bits per heavy atom. The predicted molar refractivity (Wildman–Crippen MR) is 99.8 cm³/mol. The van der Waals surface area contributed by atoms with E-state index in [-0.39, 0.29) is 17.8 Å². The number of halogens is 1. The highest BCUT2D eigenvalue weighted by Crippen LogP contribution is 2.20. The first-order chi connectivity index (χ1) is 13.2. The van der Waals surface area contributed by atoms with Gasteiger partial charge in [-0.15, -0.1) is 5.06 Å². The van der Waals surface area contributed by atoms with E-state index in [9.17, 15) is 9.18 Å². The summed E-state index contributed by atoms with van der Waals surface area (Å²) in [4.78, 5) is 16.8. The fraction of sp³-hybridized carbons (Fsp3) is 0.250. The van der Waals surface area contributed by atoms with E-state index in [0.29, 0.717) is 48.6 Å². The number of ether oxygens (including phenoxy) is 1. The molecule has 0 aliphatic carbocycles. The van der Waals surface area contributed by atoms with Crippen molar-refractivity contribution < 1.29 is 18.4 Å². The maximum Gasteiger partial charge on any atom is 0.192 e. The normalized spacial score (nSPS) is 14.4. The maximum absolute atomic E-state index is 13.0. The van der Waals surface area contributed by atoms with Gasteiger partial charge >= 0.3 is 0 Å². The van der Waals surface area contributed by atoms with Gasteiger partial charge in [-0.3, -0.25) is 4.79 Å². The van der Waals surface area contributed by atoms with E-state index in [2.05, 4.69) is 0 Å². The Bertz CT molecular complexity index is 933. The number of para-hydroxylation sites is 1. The molecule has 4 rings (SSSR count). The number of fused-ring (bicyclic) bond motifs is 1. The molecular formula is C20H21FN2O4. The van der Waals surface area contributed by atoms with E-state index < -0.39 is 0 Å². The molecule has 0 amide bonds. The van der Waals surface area contributed by atoms with Crippen molar-refractivity contribution in [2.45, 2.75) is 6.54 Å². The smallest absolute Gasteiger partial charge is 0.192 e. The fourth-order valence-corrected chi connectivity index (χ4v) is 2.61. The van der Waals surface area contributed by atoms with Crippen LogP contribution in [-0.4, -0.2) is 31.4 Å². The van der Waals surface area contributed by atoms with Gasteiger partial charge in [-0.05, 0) is 30.3 Å². The second-order valence-electron chi connectivity index (χ2n) is 5.87. The van der Waals surface area contributed by atoms with Crippen LogP contribution in [0.4, 0.5) is 4.39 Å². The van der Waals surface area contributed by atoms with Crippen LogP contribution in [-0.2, 0) is 11.3 Å². The SMILES string of the molecule is NCc1cc(F)ccc1ON1CCOCC1.O=c1ccoc2ccccc12. The molecule has 3 aromatic rings. The summed E-state index contributed by atoms with van der Waals surface area (Å²) in [7, 11) is 0. The summed E-state index contributed by atoms with van der Waals surface area (Å²) < 4.78 is 23.3. The zero-order chi connectivity index (χ0) is 19.1. The van der Waals surface area contributed by atoms with Crippen LogP contribution in [0, 0.1) is 5.82 Å². The second kappa shape index (κ2) is 9.27. The molecule has 0 saturated carbocycles. The van der Waals surface area contributed by atoms with E-state index in [0.717, 1.165) is 0 Å². The molecular weight excluding hydrogens is 351 g/mol. The molecule has 6 nitrogen and oxygen atoms in total. The summed E-state index contributed by atoms with van der Waals surface area (Å²) in [6, 6.07) is 13.0. The lowest BCUT2D eigenvalue weighted by molar-refractivity contribution is -0.118. The minimum Gasteiger partial charge on any atom is -0.464 e. The summed E-state index contributed by atoms with van der Waals surface area (Å²) >= 11 is 0. The highest BCUT2D eigenvalue weighted by molar-refractivity contribution is 5.75. The zero-order valence-electron chi connectivity index (χ0n) is 14.8. The first kappa shape index (κ1) is 19.0. The van der Waals surface area contributed by atoms with Crippen molar-refractivity contribution in [3.05, 3.63) is 76.4 Å². The molecule has 1 aromatic heterocycles. The van der Waals surface area contributed by atoms with Crippen molar-refractivity contribution in [2.75, 3.05) is 26.3 Å². The number of hydrogen-bond acceptors (Lipinski definition) is 6. The number of nitrogens with zero attached hydrogens (tertiary/aromatic N) is 1. The van der Waals surface area contributed by atoms with Crippen LogP contribution in [0.1, 0.15) is 5.56 Å². The number of morpholine rings is 1. The number of rotatable bonds is 3. The Hall–Kier alpha value is -2.74. The molecule has 0 unspecified atom stereocenters. The number of nitrogens with two attached hydrogens (primary N) is 1. The highest BCUT2D eigenvalue weighted by atomic mass is 19.1. The minimum atomic E-state index is -0.297. The lowest BCUT2D eigenvalue weighted by atomic mass is 10.2. The van der Waals surface area contributed by atoms with Gasteiger partial charge in [0.15, 0.2) is 11.2 Å². The van der Waals surface area contributed by atoms with E-state index >= 15 is 0 Å². The van der Waals surface area contributed by atoms with Crippen molar-refractivity contribution in [3.63, 3.8) is 0 Å². The van der Waals surface area contributed by atoms with Gasteiger partial charge in [0.1, 0.15) is 11.4 Å². The molecule has 0 atom stereocenters. The molecule has 1 aliphatic rings. The number of benzene rings is 2. The molecule has 2 N–H and O–H groups in total. The standard InChI is InChI=1S/C11H15FN2O2.C9H6O2/c12-10-1-2-11(9(7-10)8-13)16-14-3-5-15-6-4-14;10-8-5-6-11-9-4-2-1-3-7(8)9/h1-2,7H,3-6,8,13H2;1-6H. The lowest BCUT2D eigenvalue weighted by Crippen LogP contribution is -2.38. The van der Waals surface area contributed by atoms with Gasteiger partial charge in [0, 0.05) is 18.2 Å². The Labute approximate surface area is 155 Å². The molecule has 0 radical (unpaired) electrons. The van der Waals surface area contributed by atoms with Crippen LogP contribution < -0.4 is 16.0 Å². The average Bonchev–Trinajstić information content (AvgIpc) is 2.71. The van der Waals surface area contributed by atoms with Crippen LogP contribution in [0.2, 0.25) is 0 Å². The van der Waals surface area contributed by atoms with Crippen LogP contribution in [0.25, 0.3) is 11.0 Å². The molecule has 1 saturated heterocycles. The number of hydrogen-bond donors (Lipinski definition) is 1. The molecule has 27 heavy (non-hydrogen) atoms. The quantitative estimate of drug-likeness (QED) is 0.762. The summed E-state index contributed by atoms with van der Waals surface area (Å²) in [5.74, 6) is 0.320. The van der Waals surface area contributed by atoms with Crippen molar-refractivity contribution >= 4 is 11.0 Å². The van der Waals surface area contributed by atoms with Gasteiger partial charge in [-0.25, -0.2) is 4.39 Å². The second-order valence-corrected chi connectivity index (χ2v) is 5.87. The topological polar surface area (TPSA) is 77.9 Å². The van der Waals surface area contributed by atoms with E-state index in [1.165, 1.54) is 24.5 Å². The lowest BCUT2D eigenvalue weighted by Gasteiger charge is -2.27. The summed E-state index contributed by atoms with van der Waals surface area (Å²) in [5.41, 5.74) is 6.85. The molecule has 2 aromatic carbocycles. The Morgan fingerprint density at radius 1 is 1.11 bits per heavy atom. The Balaban J connectivity index is 0.000000166. The molecule has 0 spiro atoms. The van der Waals surface area contributed by atoms with E-state index in [1.54, 1.807) is 23.3 Å². The Morgan fingerprint density at radius 2 is 1.89 bits per heavy atom. The van der Waals surface area contributed by atoms with Gasteiger partial charge < -0.3 is 19.7 Å².